The van der Waals surface area contributed by atoms with E-state index in [1.165, 1.54) is 12.8 Å². The SMILES string of the molecule is CCNc1cc(NCCCC(C)O)nc(C2CC2)n1. The molecule has 1 aliphatic carbocycles. The van der Waals surface area contributed by atoms with E-state index in [-0.39, 0.29) is 6.10 Å². The highest BCUT2D eigenvalue weighted by atomic mass is 16.3. The highest BCUT2D eigenvalue weighted by molar-refractivity contribution is 5.48. The first-order chi connectivity index (χ1) is 9.19. The van der Waals surface area contributed by atoms with Crippen molar-refractivity contribution in [2.45, 2.75) is 51.6 Å². The monoisotopic (exact) mass is 264 g/mol. The van der Waals surface area contributed by atoms with Gasteiger partial charge in [0.05, 0.1) is 6.10 Å². The third-order valence-corrected chi connectivity index (χ3v) is 3.15. The molecule has 1 aromatic rings. The Labute approximate surface area is 114 Å². The third-order valence-electron chi connectivity index (χ3n) is 3.15. The van der Waals surface area contributed by atoms with Gasteiger partial charge >= 0.3 is 0 Å². The third kappa shape index (κ3) is 4.67. The highest BCUT2D eigenvalue weighted by Gasteiger charge is 2.27. The largest absolute Gasteiger partial charge is 0.393 e. The van der Waals surface area contributed by atoms with Crippen LogP contribution in [0.1, 0.15) is 51.3 Å². The van der Waals surface area contributed by atoms with Gasteiger partial charge in [0.25, 0.3) is 0 Å². The molecule has 19 heavy (non-hydrogen) atoms. The Bertz CT molecular complexity index is 404. The van der Waals surface area contributed by atoms with E-state index >= 15 is 0 Å². The zero-order valence-electron chi connectivity index (χ0n) is 11.8. The molecule has 5 heteroatoms. The van der Waals surface area contributed by atoms with Crippen LogP contribution in [0.5, 0.6) is 0 Å². The Hall–Kier alpha value is -1.36. The number of aliphatic hydroxyl groups is 1. The predicted octanol–water partition coefficient (Wildman–Crippen LogP) is 2.36. The van der Waals surface area contributed by atoms with Crippen molar-refractivity contribution in [2.75, 3.05) is 23.7 Å². The summed E-state index contributed by atoms with van der Waals surface area (Å²) in [4.78, 5) is 9.11. The summed E-state index contributed by atoms with van der Waals surface area (Å²) in [5, 5.41) is 15.8. The summed E-state index contributed by atoms with van der Waals surface area (Å²) in [6, 6.07) is 1.96. The maximum absolute atomic E-state index is 9.23. The molecule has 0 amide bonds. The normalized spacial score (nSPS) is 16.2. The summed E-state index contributed by atoms with van der Waals surface area (Å²) < 4.78 is 0. The number of hydrogen-bond acceptors (Lipinski definition) is 5. The van der Waals surface area contributed by atoms with Crippen molar-refractivity contribution in [1.82, 2.24) is 9.97 Å². The molecule has 1 unspecified atom stereocenters. The topological polar surface area (TPSA) is 70.1 Å². The molecule has 3 N–H and O–H groups in total. The Morgan fingerprint density at radius 1 is 1.32 bits per heavy atom. The van der Waals surface area contributed by atoms with Gasteiger partial charge in [0.1, 0.15) is 17.5 Å². The number of nitrogens with zero attached hydrogens (tertiary/aromatic N) is 2. The Morgan fingerprint density at radius 2 is 2.00 bits per heavy atom. The Kier molecular flexibility index (Phi) is 4.96. The first-order valence-electron chi connectivity index (χ1n) is 7.23. The lowest BCUT2D eigenvalue weighted by Crippen LogP contribution is -2.10. The van der Waals surface area contributed by atoms with Gasteiger partial charge in [0, 0.05) is 25.1 Å². The highest BCUT2D eigenvalue weighted by Crippen LogP contribution is 2.38. The fraction of sp³-hybridized carbons (Fsp3) is 0.714. The number of rotatable bonds is 8. The molecule has 5 nitrogen and oxygen atoms in total. The fourth-order valence-electron chi connectivity index (χ4n) is 1.97. The maximum Gasteiger partial charge on any atom is 0.136 e. The molecule has 0 aromatic carbocycles. The minimum atomic E-state index is -0.230. The summed E-state index contributed by atoms with van der Waals surface area (Å²) in [7, 11) is 0. The molecule has 1 fully saturated rings. The lowest BCUT2D eigenvalue weighted by atomic mass is 10.2. The van der Waals surface area contributed by atoms with Crippen molar-refractivity contribution in [1.29, 1.82) is 0 Å². The first kappa shape index (κ1) is 14.1. The van der Waals surface area contributed by atoms with Gasteiger partial charge in [-0.3, -0.25) is 0 Å². The molecule has 1 aliphatic rings. The minimum Gasteiger partial charge on any atom is -0.393 e. The van der Waals surface area contributed by atoms with Gasteiger partial charge in [-0.15, -0.1) is 0 Å². The molecule has 1 aromatic heterocycles. The molecular weight excluding hydrogens is 240 g/mol. The van der Waals surface area contributed by atoms with Crippen molar-refractivity contribution in [2.24, 2.45) is 0 Å². The summed E-state index contributed by atoms with van der Waals surface area (Å²) in [5.74, 6) is 3.30. The van der Waals surface area contributed by atoms with E-state index in [4.69, 9.17) is 0 Å². The molecule has 0 saturated heterocycles. The van der Waals surface area contributed by atoms with Crippen molar-refractivity contribution < 1.29 is 5.11 Å². The number of anilines is 2. The van der Waals surface area contributed by atoms with Gasteiger partial charge in [-0.1, -0.05) is 0 Å². The maximum atomic E-state index is 9.23. The van der Waals surface area contributed by atoms with Crippen LogP contribution in [0.25, 0.3) is 0 Å². The van der Waals surface area contributed by atoms with Crippen LogP contribution in [0.15, 0.2) is 6.07 Å². The minimum absolute atomic E-state index is 0.230. The molecule has 1 saturated carbocycles. The molecule has 1 atom stereocenters. The van der Waals surface area contributed by atoms with E-state index in [0.29, 0.717) is 5.92 Å². The van der Waals surface area contributed by atoms with Gasteiger partial charge in [0.2, 0.25) is 0 Å². The van der Waals surface area contributed by atoms with E-state index in [1.807, 2.05) is 13.0 Å². The van der Waals surface area contributed by atoms with Crippen molar-refractivity contribution in [3.8, 4) is 0 Å². The van der Waals surface area contributed by atoms with E-state index < -0.39 is 0 Å². The van der Waals surface area contributed by atoms with Crippen LogP contribution in [-0.4, -0.2) is 34.3 Å². The molecule has 0 bridgehead atoms. The van der Waals surface area contributed by atoms with Crippen molar-refractivity contribution in [3.63, 3.8) is 0 Å². The summed E-state index contributed by atoms with van der Waals surface area (Å²) >= 11 is 0. The van der Waals surface area contributed by atoms with E-state index in [1.54, 1.807) is 0 Å². The number of aliphatic hydroxyl groups excluding tert-OH is 1. The van der Waals surface area contributed by atoms with Gasteiger partial charge in [0.15, 0.2) is 0 Å². The fourth-order valence-corrected chi connectivity index (χ4v) is 1.97. The molecule has 1 heterocycles. The van der Waals surface area contributed by atoms with E-state index in [2.05, 4.69) is 27.5 Å². The summed E-state index contributed by atoms with van der Waals surface area (Å²) in [5.41, 5.74) is 0. The molecule has 0 aliphatic heterocycles. The quantitative estimate of drug-likeness (QED) is 0.629. The summed E-state index contributed by atoms with van der Waals surface area (Å²) in [6.07, 6.45) is 3.94. The number of nitrogens with one attached hydrogen (secondary N) is 2. The smallest absolute Gasteiger partial charge is 0.136 e. The summed E-state index contributed by atoms with van der Waals surface area (Å²) in [6.45, 7) is 5.58. The van der Waals surface area contributed by atoms with Crippen LogP contribution in [0.2, 0.25) is 0 Å². The molecule has 0 radical (unpaired) electrons. The average molecular weight is 264 g/mol. The standard InChI is InChI=1S/C14H24N4O/c1-3-15-12-9-13(16-8-4-5-10(2)19)18-14(17-12)11-6-7-11/h9-11,19H,3-8H2,1-2H3,(H2,15,16,17,18). The first-order valence-corrected chi connectivity index (χ1v) is 7.23. The molecule has 0 spiro atoms. The van der Waals surface area contributed by atoms with Crippen molar-refractivity contribution in [3.05, 3.63) is 11.9 Å². The number of aromatic nitrogens is 2. The zero-order chi connectivity index (χ0) is 13.7. The van der Waals surface area contributed by atoms with Crippen LogP contribution in [-0.2, 0) is 0 Å². The van der Waals surface area contributed by atoms with Crippen LogP contribution in [0.3, 0.4) is 0 Å². The van der Waals surface area contributed by atoms with E-state index in [9.17, 15) is 5.11 Å². The predicted molar refractivity (Wildman–Crippen MR) is 77.6 cm³/mol. The van der Waals surface area contributed by atoms with Crippen LogP contribution in [0.4, 0.5) is 11.6 Å². The number of hydrogen-bond donors (Lipinski definition) is 3. The van der Waals surface area contributed by atoms with Crippen LogP contribution >= 0.6 is 0 Å². The second-order valence-electron chi connectivity index (χ2n) is 5.22. The molecule has 2 rings (SSSR count). The van der Waals surface area contributed by atoms with E-state index in [0.717, 1.165) is 43.4 Å². The van der Waals surface area contributed by atoms with Gasteiger partial charge in [-0.25, -0.2) is 9.97 Å². The lowest BCUT2D eigenvalue weighted by molar-refractivity contribution is 0.183. The van der Waals surface area contributed by atoms with Crippen LogP contribution in [0, 0.1) is 0 Å². The average Bonchev–Trinajstić information content (AvgIpc) is 3.19. The van der Waals surface area contributed by atoms with Crippen molar-refractivity contribution >= 4 is 11.6 Å². The van der Waals surface area contributed by atoms with Gasteiger partial charge in [-0.05, 0) is 39.5 Å². The second-order valence-corrected chi connectivity index (χ2v) is 5.22. The Balaban J connectivity index is 1.94. The Morgan fingerprint density at radius 3 is 2.58 bits per heavy atom. The molecule has 106 valence electrons. The van der Waals surface area contributed by atoms with Gasteiger partial charge < -0.3 is 15.7 Å². The lowest BCUT2D eigenvalue weighted by Gasteiger charge is -2.10. The van der Waals surface area contributed by atoms with Gasteiger partial charge in [-0.2, -0.15) is 0 Å². The zero-order valence-corrected chi connectivity index (χ0v) is 11.8. The molecular formula is C14H24N4O. The second kappa shape index (κ2) is 6.70. The van der Waals surface area contributed by atoms with Crippen LogP contribution < -0.4 is 10.6 Å².